The molecule has 1 aromatic heterocycles. The number of aliphatic hydroxyl groups is 1. The molecule has 3 amide bonds. The molecule has 2 aliphatic heterocycles. The number of anilines is 1. The molecule has 166 valence electrons. The summed E-state index contributed by atoms with van der Waals surface area (Å²) in [6, 6.07) is 11.6. The highest BCUT2D eigenvalue weighted by atomic mass is 19.1. The Kier molecular flexibility index (Phi) is 5.26. The van der Waals surface area contributed by atoms with Crippen molar-refractivity contribution in [1.29, 1.82) is 0 Å². The number of rotatable bonds is 4. The molecule has 3 heterocycles. The number of urea groups is 1. The van der Waals surface area contributed by atoms with E-state index in [9.17, 15) is 19.1 Å². The number of aromatic nitrogens is 2. The fraction of sp³-hybridized carbons (Fsp3) is 0.348. The Bertz CT molecular complexity index is 1180. The van der Waals surface area contributed by atoms with Gasteiger partial charge in [-0.3, -0.25) is 9.69 Å². The van der Waals surface area contributed by atoms with Gasteiger partial charge in [0, 0.05) is 31.6 Å². The zero-order chi connectivity index (χ0) is 22.2. The second-order valence-corrected chi connectivity index (χ2v) is 8.21. The van der Waals surface area contributed by atoms with Crippen LogP contribution in [0.25, 0.3) is 16.6 Å². The van der Waals surface area contributed by atoms with Crippen LogP contribution >= 0.6 is 0 Å². The molecule has 2 fully saturated rings. The SMILES string of the molecule is O=C(CN1CCN(c2cccc3c2cnn3-c2ccccc2F)C1=O)N1CCC[C@H](O)C1. The zero-order valence-corrected chi connectivity index (χ0v) is 17.5. The minimum absolute atomic E-state index is 0.00742. The molecule has 32 heavy (non-hydrogen) atoms. The number of piperidine rings is 1. The third-order valence-electron chi connectivity index (χ3n) is 6.13. The molecule has 5 rings (SSSR count). The topological polar surface area (TPSA) is 81.9 Å². The summed E-state index contributed by atoms with van der Waals surface area (Å²) in [5.41, 5.74) is 1.71. The number of likely N-dealkylation sites (tertiary alicyclic amines) is 1. The second-order valence-electron chi connectivity index (χ2n) is 8.21. The molecule has 0 bridgehead atoms. The molecule has 2 aliphatic rings. The molecule has 8 nitrogen and oxygen atoms in total. The Morgan fingerprint density at radius 1 is 1.09 bits per heavy atom. The van der Waals surface area contributed by atoms with Gasteiger partial charge in [-0.25, -0.2) is 13.9 Å². The summed E-state index contributed by atoms with van der Waals surface area (Å²) in [5, 5.41) is 14.9. The van der Waals surface area contributed by atoms with Gasteiger partial charge in [-0.1, -0.05) is 18.2 Å². The van der Waals surface area contributed by atoms with E-state index in [0.29, 0.717) is 49.5 Å². The molecule has 1 atom stereocenters. The van der Waals surface area contributed by atoms with Crippen molar-refractivity contribution in [3.05, 3.63) is 54.5 Å². The van der Waals surface area contributed by atoms with Crippen molar-refractivity contribution in [1.82, 2.24) is 19.6 Å². The Balaban J connectivity index is 1.38. The summed E-state index contributed by atoms with van der Waals surface area (Å²) >= 11 is 0. The number of halogens is 1. The molecular weight excluding hydrogens is 413 g/mol. The number of nitrogens with zero attached hydrogens (tertiary/aromatic N) is 5. The monoisotopic (exact) mass is 437 g/mol. The van der Waals surface area contributed by atoms with Gasteiger partial charge in [0.05, 0.1) is 23.5 Å². The van der Waals surface area contributed by atoms with Crippen molar-refractivity contribution in [3.63, 3.8) is 0 Å². The van der Waals surface area contributed by atoms with Gasteiger partial charge in [-0.05, 0) is 37.1 Å². The average Bonchev–Trinajstić information content (AvgIpc) is 3.38. The van der Waals surface area contributed by atoms with Crippen LogP contribution in [0.5, 0.6) is 0 Å². The van der Waals surface area contributed by atoms with E-state index in [1.807, 2.05) is 18.2 Å². The van der Waals surface area contributed by atoms with Gasteiger partial charge in [0.25, 0.3) is 0 Å². The van der Waals surface area contributed by atoms with Crippen molar-refractivity contribution >= 4 is 28.5 Å². The number of carbonyl (C=O) groups is 2. The second kappa shape index (κ2) is 8.23. The van der Waals surface area contributed by atoms with Crippen LogP contribution in [0.15, 0.2) is 48.7 Å². The first-order chi connectivity index (χ1) is 15.5. The zero-order valence-electron chi connectivity index (χ0n) is 17.5. The van der Waals surface area contributed by atoms with Crippen molar-refractivity contribution in [2.24, 2.45) is 0 Å². The van der Waals surface area contributed by atoms with Crippen LogP contribution in [0.1, 0.15) is 12.8 Å². The number of hydrogen-bond acceptors (Lipinski definition) is 4. The fourth-order valence-corrected chi connectivity index (χ4v) is 4.48. The molecular formula is C23H24FN5O3. The van der Waals surface area contributed by atoms with Crippen LogP contribution in [0.2, 0.25) is 0 Å². The summed E-state index contributed by atoms with van der Waals surface area (Å²) in [5.74, 6) is -0.530. The highest BCUT2D eigenvalue weighted by molar-refractivity contribution is 6.04. The van der Waals surface area contributed by atoms with Crippen molar-refractivity contribution < 1.29 is 19.1 Å². The Labute approximate surface area is 184 Å². The molecule has 2 aromatic carbocycles. The molecule has 0 saturated carbocycles. The van der Waals surface area contributed by atoms with E-state index < -0.39 is 6.10 Å². The minimum Gasteiger partial charge on any atom is -0.391 e. The van der Waals surface area contributed by atoms with E-state index in [2.05, 4.69) is 5.10 Å². The summed E-state index contributed by atoms with van der Waals surface area (Å²) in [6.07, 6.45) is 2.60. The highest BCUT2D eigenvalue weighted by Gasteiger charge is 2.34. The molecule has 0 aliphatic carbocycles. The van der Waals surface area contributed by atoms with Gasteiger partial charge < -0.3 is 14.9 Å². The molecule has 9 heteroatoms. The van der Waals surface area contributed by atoms with E-state index in [4.69, 9.17) is 0 Å². The minimum atomic E-state index is -0.498. The Morgan fingerprint density at radius 3 is 2.72 bits per heavy atom. The lowest BCUT2D eigenvalue weighted by molar-refractivity contribution is -0.134. The summed E-state index contributed by atoms with van der Waals surface area (Å²) in [7, 11) is 0. The Hall–Kier alpha value is -3.46. The van der Waals surface area contributed by atoms with Crippen LogP contribution < -0.4 is 4.90 Å². The van der Waals surface area contributed by atoms with Crippen LogP contribution in [-0.2, 0) is 4.79 Å². The van der Waals surface area contributed by atoms with Gasteiger partial charge >= 0.3 is 6.03 Å². The first-order valence-corrected chi connectivity index (χ1v) is 10.8. The van der Waals surface area contributed by atoms with Crippen LogP contribution in [0, 0.1) is 5.82 Å². The predicted octanol–water partition coefficient (Wildman–Crippen LogP) is 2.39. The van der Waals surface area contributed by atoms with Gasteiger partial charge in [-0.2, -0.15) is 5.10 Å². The van der Waals surface area contributed by atoms with E-state index in [1.54, 1.807) is 34.2 Å². The summed E-state index contributed by atoms with van der Waals surface area (Å²) < 4.78 is 15.8. The van der Waals surface area contributed by atoms with E-state index in [-0.39, 0.29) is 24.3 Å². The lowest BCUT2D eigenvalue weighted by Crippen LogP contribution is -2.47. The van der Waals surface area contributed by atoms with Crippen LogP contribution in [-0.4, -0.2) is 75.5 Å². The van der Waals surface area contributed by atoms with Crippen molar-refractivity contribution in [3.8, 4) is 5.69 Å². The third-order valence-corrected chi connectivity index (χ3v) is 6.13. The van der Waals surface area contributed by atoms with E-state index in [0.717, 1.165) is 11.8 Å². The number of amides is 3. The van der Waals surface area contributed by atoms with Gasteiger partial charge in [-0.15, -0.1) is 0 Å². The largest absolute Gasteiger partial charge is 0.391 e. The van der Waals surface area contributed by atoms with Gasteiger partial charge in [0.1, 0.15) is 18.0 Å². The molecule has 3 aromatic rings. The fourth-order valence-electron chi connectivity index (χ4n) is 4.48. The van der Waals surface area contributed by atoms with E-state index in [1.165, 1.54) is 15.6 Å². The average molecular weight is 437 g/mol. The number of para-hydroxylation sites is 1. The summed E-state index contributed by atoms with van der Waals surface area (Å²) in [6.45, 7) is 1.79. The maximum absolute atomic E-state index is 14.3. The van der Waals surface area contributed by atoms with Crippen LogP contribution in [0.3, 0.4) is 0 Å². The number of carbonyl (C=O) groups excluding carboxylic acids is 2. The Morgan fingerprint density at radius 2 is 1.91 bits per heavy atom. The quantitative estimate of drug-likeness (QED) is 0.680. The first kappa shape index (κ1) is 20.4. The number of β-amino-alcohol motifs (C(OH)–C–C–N with tert-alkyl or cyclic N) is 1. The van der Waals surface area contributed by atoms with Crippen LogP contribution in [0.4, 0.5) is 14.9 Å². The number of aliphatic hydroxyl groups excluding tert-OH is 1. The molecule has 1 N–H and O–H groups in total. The normalized spacial score (nSPS) is 19.2. The maximum Gasteiger partial charge on any atom is 0.325 e. The summed E-state index contributed by atoms with van der Waals surface area (Å²) in [4.78, 5) is 30.5. The molecule has 0 spiro atoms. The predicted molar refractivity (Wildman–Crippen MR) is 117 cm³/mol. The van der Waals surface area contributed by atoms with Crippen molar-refractivity contribution in [2.45, 2.75) is 18.9 Å². The van der Waals surface area contributed by atoms with Gasteiger partial charge in [0.15, 0.2) is 0 Å². The molecule has 0 unspecified atom stereocenters. The third kappa shape index (κ3) is 3.58. The molecule has 0 radical (unpaired) electrons. The van der Waals surface area contributed by atoms with Gasteiger partial charge in [0.2, 0.25) is 5.91 Å². The molecule has 2 saturated heterocycles. The number of benzene rings is 2. The standard InChI is InChI=1S/C23H24FN5O3/c24-18-6-1-2-7-21(18)29-20-9-3-8-19(17(20)13-25-29)28-12-11-27(23(28)32)15-22(31)26-10-4-5-16(30)14-26/h1-3,6-9,13,16,30H,4-5,10-12,14-15H2/t16-/m0/s1. The lowest BCUT2D eigenvalue weighted by Gasteiger charge is -2.31. The first-order valence-electron chi connectivity index (χ1n) is 10.8. The maximum atomic E-state index is 14.3. The highest BCUT2D eigenvalue weighted by Crippen LogP contribution is 2.31. The number of fused-ring (bicyclic) bond motifs is 1. The number of hydrogen-bond donors (Lipinski definition) is 1. The smallest absolute Gasteiger partial charge is 0.325 e. The van der Waals surface area contributed by atoms with Crippen molar-refractivity contribution in [2.75, 3.05) is 37.6 Å². The van der Waals surface area contributed by atoms with E-state index >= 15 is 0 Å². The lowest BCUT2D eigenvalue weighted by atomic mass is 10.1.